The van der Waals surface area contributed by atoms with E-state index in [9.17, 15) is 9.59 Å². The Morgan fingerprint density at radius 1 is 1.18 bits per heavy atom. The average Bonchev–Trinajstić information content (AvgIpc) is 2.64. The number of nitrogens with zero attached hydrogens (tertiary/aromatic N) is 2. The predicted molar refractivity (Wildman–Crippen MR) is 110 cm³/mol. The van der Waals surface area contributed by atoms with Crippen molar-refractivity contribution in [2.45, 2.75) is 39.2 Å². The van der Waals surface area contributed by atoms with Crippen molar-refractivity contribution in [2.24, 2.45) is 5.92 Å². The lowest BCUT2D eigenvalue weighted by Crippen LogP contribution is -2.43. The number of hydrogen-bond donors (Lipinski definition) is 0. The van der Waals surface area contributed by atoms with Crippen LogP contribution in [0.5, 0.6) is 5.75 Å². The van der Waals surface area contributed by atoms with Crippen LogP contribution >= 0.6 is 0 Å². The zero-order valence-electron chi connectivity index (χ0n) is 17.8. The number of ether oxygens (including phenoxy) is 2. The highest BCUT2D eigenvalue weighted by Crippen LogP contribution is 2.29. The third kappa shape index (κ3) is 6.01. The number of methoxy groups -OCH3 is 1. The molecule has 154 valence electrons. The largest absolute Gasteiger partial charge is 0.497 e. The molecular weight excluding hydrogens is 356 g/mol. The number of allylic oxidation sites excluding steroid dienone is 1. The van der Waals surface area contributed by atoms with Crippen molar-refractivity contribution < 1.29 is 19.1 Å². The second-order valence-corrected chi connectivity index (χ2v) is 8.34. The summed E-state index contributed by atoms with van der Waals surface area (Å²) in [6.07, 6.45) is 2.81. The van der Waals surface area contributed by atoms with Crippen LogP contribution in [0.4, 0.5) is 4.79 Å². The molecule has 6 heteroatoms. The maximum absolute atomic E-state index is 13.3. The molecule has 6 nitrogen and oxygen atoms in total. The maximum Gasteiger partial charge on any atom is 0.410 e. The van der Waals surface area contributed by atoms with Gasteiger partial charge in [-0.1, -0.05) is 12.1 Å². The third-order valence-corrected chi connectivity index (χ3v) is 4.55. The van der Waals surface area contributed by atoms with E-state index >= 15 is 0 Å². The van der Waals surface area contributed by atoms with Gasteiger partial charge >= 0.3 is 6.09 Å². The molecule has 0 aliphatic carbocycles. The van der Waals surface area contributed by atoms with Gasteiger partial charge in [0.1, 0.15) is 11.4 Å². The van der Waals surface area contributed by atoms with Gasteiger partial charge in [-0.2, -0.15) is 0 Å². The van der Waals surface area contributed by atoms with Crippen molar-refractivity contribution in [2.75, 3.05) is 34.3 Å². The molecule has 1 aromatic rings. The van der Waals surface area contributed by atoms with Gasteiger partial charge < -0.3 is 19.3 Å². The molecule has 1 fully saturated rings. The zero-order chi connectivity index (χ0) is 20.9. The highest BCUT2D eigenvalue weighted by atomic mass is 16.6. The van der Waals surface area contributed by atoms with Crippen molar-refractivity contribution >= 4 is 17.4 Å². The summed E-state index contributed by atoms with van der Waals surface area (Å²) in [5.74, 6) is 0.705. The molecule has 0 aromatic heterocycles. The van der Waals surface area contributed by atoms with Crippen LogP contribution in [-0.4, -0.2) is 61.6 Å². The normalized spacial score (nSPS) is 15.9. The van der Waals surface area contributed by atoms with Crippen molar-refractivity contribution in [1.29, 1.82) is 0 Å². The Hall–Kier alpha value is -2.50. The fraction of sp³-hybridized carbons (Fsp3) is 0.545. The third-order valence-electron chi connectivity index (χ3n) is 4.55. The first-order valence-electron chi connectivity index (χ1n) is 9.65. The van der Waals surface area contributed by atoms with E-state index in [1.165, 1.54) is 0 Å². The monoisotopic (exact) mass is 388 g/mol. The van der Waals surface area contributed by atoms with Gasteiger partial charge in [0.15, 0.2) is 5.78 Å². The van der Waals surface area contributed by atoms with E-state index in [0.29, 0.717) is 31.5 Å². The molecule has 1 aliphatic rings. The second kappa shape index (κ2) is 9.13. The molecule has 2 rings (SSSR count). The highest BCUT2D eigenvalue weighted by molar-refractivity contribution is 6.21. The van der Waals surface area contributed by atoms with Crippen LogP contribution in [-0.2, 0) is 9.53 Å². The summed E-state index contributed by atoms with van der Waals surface area (Å²) in [6.45, 7) is 6.62. The Labute approximate surface area is 168 Å². The number of carbonyl (C=O) groups is 2. The van der Waals surface area contributed by atoms with Crippen molar-refractivity contribution in [3.05, 3.63) is 36.0 Å². The number of piperidine rings is 1. The number of Topliss-reactive ketones (excluding diaryl/α,β-unsaturated/α-hetero) is 1. The number of hydrogen-bond acceptors (Lipinski definition) is 5. The number of likely N-dealkylation sites (tertiary alicyclic amines) is 1. The minimum atomic E-state index is -0.516. The van der Waals surface area contributed by atoms with E-state index in [0.717, 1.165) is 11.3 Å². The summed E-state index contributed by atoms with van der Waals surface area (Å²) in [7, 11) is 5.42. The molecule has 1 aromatic carbocycles. The lowest BCUT2D eigenvalue weighted by Gasteiger charge is -2.33. The highest BCUT2D eigenvalue weighted by Gasteiger charge is 2.31. The Kier molecular flexibility index (Phi) is 7.11. The van der Waals surface area contributed by atoms with E-state index in [-0.39, 0.29) is 17.8 Å². The van der Waals surface area contributed by atoms with E-state index in [1.807, 2.05) is 70.2 Å². The summed E-state index contributed by atoms with van der Waals surface area (Å²) in [4.78, 5) is 29.1. The predicted octanol–water partition coefficient (Wildman–Crippen LogP) is 3.81. The average molecular weight is 389 g/mol. The lowest BCUT2D eigenvalue weighted by atomic mass is 9.86. The molecule has 28 heavy (non-hydrogen) atoms. The molecule has 1 amide bonds. The molecule has 0 spiro atoms. The van der Waals surface area contributed by atoms with Gasteiger partial charge in [-0.15, -0.1) is 0 Å². The van der Waals surface area contributed by atoms with Gasteiger partial charge in [-0.05, 0) is 51.3 Å². The van der Waals surface area contributed by atoms with Gasteiger partial charge in [-0.3, -0.25) is 4.79 Å². The summed E-state index contributed by atoms with van der Waals surface area (Å²) in [5, 5.41) is 0. The van der Waals surface area contributed by atoms with Crippen LogP contribution in [0.1, 0.15) is 39.2 Å². The maximum atomic E-state index is 13.3. The molecule has 0 bridgehead atoms. The van der Waals surface area contributed by atoms with Gasteiger partial charge in [-0.25, -0.2) is 4.79 Å². The van der Waals surface area contributed by atoms with Crippen LogP contribution in [0.15, 0.2) is 30.5 Å². The summed E-state index contributed by atoms with van der Waals surface area (Å²) >= 11 is 0. The Bertz CT molecular complexity index is 726. The first kappa shape index (κ1) is 21.8. The van der Waals surface area contributed by atoms with Gasteiger partial charge in [0.25, 0.3) is 0 Å². The number of benzene rings is 1. The first-order chi connectivity index (χ1) is 13.1. The molecule has 1 heterocycles. The number of carbonyl (C=O) groups excluding carboxylic acids is 2. The van der Waals surface area contributed by atoms with E-state index in [2.05, 4.69) is 0 Å². The van der Waals surface area contributed by atoms with E-state index < -0.39 is 5.60 Å². The van der Waals surface area contributed by atoms with Crippen molar-refractivity contribution in [3.63, 3.8) is 0 Å². The minimum Gasteiger partial charge on any atom is -0.497 e. The number of amides is 1. The smallest absolute Gasteiger partial charge is 0.410 e. The lowest BCUT2D eigenvalue weighted by molar-refractivity contribution is -0.118. The van der Waals surface area contributed by atoms with Crippen molar-refractivity contribution in [1.82, 2.24) is 9.80 Å². The standard InChI is InChI=1S/C22H32N2O4/c1-22(2,3)28-21(26)24-12-10-16(11-13-24)20(25)19(15-23(4)5)17-8-7-9-18(14-17)27-6/h7-9,14-16H,10-13H2,1-6H3/b19-15+. The van der Waals surface area contributed by atoms with Crippen LogP contribution in [0.2, 0.25) is 0 Å². The molecule has 0 N–H and O–H groups in total. The van der Waals surface area contributed by atoms with Crippen molar-refractivity contribution in [3.8, 4) is 5.75 Å². The Balaban J connectivity index is 2.11. The zero-order valence-corrected chi connectivity index (χ0v) is 17.8. The summed E-state index contributed by atoms with van der Waals surface area (Å²) in [6, 6.07) is 7.55. The summed E-state index contributed by atoms with van der Waals surface area (Å²) < 4.78 is 10.7. The van der Waals surface area contributed by atoms with Gasteiger partial charge in [0, 0.05) is 44.9 Å². The number of rotatable bonds is 5. The molecule has 0 atom stereocenters. The molecule has 0 radical (unpaired) electrons. The fourth-order valence-corrected chi connectivity index (χ4v) is 3.20. The number of ketones is 1. The topological polar surface area (TPSA) is 59.1 Å². The fourth-order valence-electron chi connectivity index (χ4n) is 3.20. The van der Waals surface area contributed by atoms with Crippen LogP contribution in [0.3, 0.4) is 0 Å². The quantitative estimate of drug-likeness (QED) is 0.718. The van der Waals surface area contributed by atoms with Crippen LogP contribution in [0.25, 0.3) is 5.57 Å². The van der Waals surface area contributed by atoms with Crippen LogP contribution in [0, 0.1) is 5.92 Å². The Morgan fingerprint density at radius 2 is 1.82 bits per heavy atom. The first-order valence-corrected chi connectivity index (χ1v) is 9.65. The minimum absolute atomic E-state index is 0.103. The molecule has 1 saturated heterocycles. The van der Waals surface area contributed by atoms with E-state index in [1.54, 1.807) is 12.0 Å². The second-order valence-electron chi connectivity index (χ2n) is 8.34. The molecular formula is C22H32N2O4. The summed E-state index contributed by atoms with van der Waals surface area (Å²) in [5.41, 5.74) is 0.991. The van der Waals surface area contributed by atoms with Crippen LogP contribution < -0.4 is 4.74 Å². The van der Waals surface area contributed by atoms with E-state index in [4.69, 9.17) is 9.47 Å². The van der Waals surface area contributed by atoms with Gasteiger partial charge in [0.2, 0.25) is 0 Å². The molecule has 0 unspecified atom stereocenters. The molecule has 1 aliphatic heterocycles. The SMILES string of the molecule is COc1cccc(/C(=C\N(C)C)C(=O)C2CCN(C(=O)OC(C)(C)C)CC2)c1. The molecule has 0 saturated carbocycles. The van der Waals surface area contributed by atoms with Gasteiger partial charge in [0.05, 0.1) is 7.11 Å². The Morgan fingerprint density at radius 3 is 2.36 bits per heavy atom.